The molecule has 0 aromatic heterocycles. The Hall–Kier alpha value is -1.23. The molecule has 5 heteroatoms. The van der Waals surface area contributed by atoms with Crippen LogP contribution in [0.2, 0.25) is 0 Å². The molecule has 0 amide bonds. The van der Waals surface area contributed by atoms with E-state index in [2.05, 4.69) is 19.2 Å². The zero-order valence-electron chi connectivity index (χ0n) is 11.1. The molecule has 0 saturated carbocycles. The molecule has 0 aliphatic carbocycles. The first-order chi connectivity index (χ1) is 8.87. The van der Waals surface area contributed by atoms with Gasteiger partial charge in [0.05, 0.1) is 0 Å². The second-order valence-electron chi connectivity index (χ2n) is 5.27. The SMILES string of the molecule is CC(C)c1ccc(NC(F)(F)F)cc1C1CCCN1. The Kier molecular flexibility index (Phi) is 4.04. The van der Waals surface area contributed by atoms with Crippen molar-refractivity contribution >= 4 is 5.69 Å². The van der Waals surface area contributed by atoms with Crippen molar-refractivity contribution in [1.82, 2.24) is 5.32 Å². The first-order valence-corrected chi connectivity index (χ1v) is 6.59. The number of benzene rings is 1. The maximum Gasteiger partial charge on any atom is 0.482 e. The summed E-state index contributed by atoms with van der Waals surface area (Å²) in [6.07, 6.45) is -2.34. The maximum atomic E-state index is 12.4. The fourth-order valence-electron chi connectivity index (χ4n) is 2.59. The zero-order valence-corrected chi connectivity index (χ0v) is 11.1. The second-order valence-corrected chi connectivity index (χ2v) is 5.27. The van der Waals surface area contributed by atoms with E-state index in [-0.39, 0.29) is 11.7 Å². The van der Waals surface area contributed by atoms with Crippen molar-refractivity contribution in [3.05, 3.63) is 29.3 Å². The van der Waals surface area contributed by atoms with Gasteiger partial charge >= 0.3 is 6.30 Å². The van der Waals surface area contributed by atoms with Crippen LogP contribution in [0.1, 0.15) is 49.8 Å². The summed E-state index contributed by atoms with van der Waals surface area (Å²) >= 11 is 0. The molecule has 1 aliphatic heterocycles. The fourth-order valence-corrected chi connectivity index (χ4v) is 2.59. The van der Waals surface area contributed by atoms with Gasteiger partial charge in [0, 0.05) is 11.7 Å². The molecule has 0 radical (unpaired) electrons. The summed E-state index contributed by atoms with van der Waals surface area (Å²) in [5.41, 5.74) is 2.22. The van der Waals surface area contributed by atoms with Crippen LogP contribution in [0.4, 0.5) is 18.9 Å². The molecule has 0 bridgehead atoms. The van der Waals surface area contributed by atoms with Crippen molar-refractivity contribution in [1.29, 1.82) is 0 Å². The standard InChI is InChI=1S/C14H19F3N2/c1-9(2)11-6-5-10(19-14(15,16)17)8-12(11)13-4-3-7-18-13/h5-6,8-9,13,18-19H,3-4,7H2,1-2H3. The van der Waals surface area contributed by atoms with Gasteiger partial charge in [-0.3, -0.25) is 5.32 Å². The Bertz CT molecular complexity index is 435. The molecule has 19 heavy (non-hydrogen) atoms. The molecule has 1 saturated heterocycles. The molecular weight excluding hydrogens is 253 g/mol. The van der Waals surface area contributed by atoms with Gasteiger partial charge in [-0.2, -0.15) is 13.2 Å². The number of rotatable bonds is 3. The number of hydrogen-bond donors (Lipinski definition) is 2. The fraction of sp³-hybridized carbons (Fsp3) is 0.571. The van der Waals surface area contributed by atoms with E-state index in [1.807, 2.05) is 0 Å². The molecular formula is C14H19F3N2. The smallest absolute Gasteiger partial charge is 0.310 e. The van der Waals surface area contributed by atoms with Crippen LogP contribution < -0.4 is 10.6 Å². The first kappa shape index (κ1) is 14.2. The van der Waals surface area contributed by atoms with Crippen LogP contribution in [-0.2, 0) is 0 Å². The van der Waals surface area contributed by atoms with E-state index in [1.165, 1.54) is 6.07 Å². The number of halogens is 3. The van der Waals surface area contributed by atoms with Crippen molar-refractivity contribution in [2.45, 2.75) is 44.9 Å². The highest BCUT2D eigenvalue weighted by Gasteiger charge is 2.28. The van der Waals surface area contributed by atoms with Gasteiger partial charge in [0.25, 0.3) is 0 Å². The second kappa shape index (κ2) is 5.41. The van der Waals surface area contributed by atoms with Crippen molar-refractivity contribution in [3.63, 3.8) is 0 Å². The monoisotopic (exact) mass is 272 g/mol. The average molecular weight is 272 g/mol. The molecule has 1 aromatic rings. The van der Waals surface area contributed by atoms with Gasteiger partial charge in [-0.15, -0.1) is 0 Å². The van der Waals surface area contributed by atoms with Crippen LogP contribution in [0.3, 0.4) is 0 Å². The van der Waals surface area contributed by atoms with E-state index in [0.29, 0.717) is 5.92 Å². The Labute approximate surface area is 111 Å². The highest BCUT2D eigenvalue weighted by molar-refractivity contribution is 5.51. The molecule has 1 aromatic carbocycles. The van der Waals surface area contributed by atoms with Gasteiger partial charge in [0.1, 0.15) is 0 Å². The molecule has 1 atom stereocenters. The molecule has 1 fully saturated rings. The molecule has 106 valence electrons. The van der Waals surface area contributed by atoms with Crippen LogP contribution in [0.5, 0.6) is 0 Å². The van der Waals surface area contributed by atoms with Crippen LogP contribution >= 0.6 is 0 Å². The van der Waals surface area contributed by atoms with Gasteiger partial charge in [0.2, 0.25) is 0 Å². The number of alkyl halides is 3. The van der Waals surface area contributed by atoms with Crippen molar-refractivity contribution in [2.75, 3.05) is 11.9 Å². The lowest BCUT2D eigenvalue weighted by atomic mass is 9.91. The minimum absolute atomic E-state index is 0.112. The third-order valence-corrected chi connectivity index (χ3v) is 3.43. The predicted molar refractivity (Wildman–Crippen MR) is 70.2 cm³/mol. The van der Waals surface area contributed by atoms with E-state index in [4.69, 9.17) is 0 Å². The van der Waals surface area contributed by atoms with Gasteiger partial charge in [-0.1, -0.05) is 19.9 Å². The van der Waals surface area contributed by atoms with Gasteiger partial charge in [-0.25, -0.2) is 0 Å². The highest BCUT2D eigenvalue weighted by Crippen LogP contribution is 2.33. The Balaban J connectivity index is 2.32. The number of hydrogen-bond acceptors (Lipinski definition) is 2. The van der Waals surface area contributed by atoms with Crippen LogP contribution in [-0.4, -0.2) is 12.8 Å². The summed E-state index contributed by atoms with van der Waals surface area (Å²) in [5.74, 6) is 0.303. The van der Waals surface area contributed by atoms with Crippen LogP contribution in [0, 0.1) is 0 Å². The lowest BCUT2D eigenvalue weighted by Crippen LogP contribution is -2.21. The highest BCUT2D eigenvalue weighted by atomic mass is 19.4. The summed E-state index contributed by atoms with van der Waals surface area (Å²) < 4.78 is 37.1. The molecule has 1 heterocycles. The predicted octanol–water partition coefficient (Wildman–Crippen LogP) is 4.17. The van der Waals surface area contributed by atoms with Gasteiger partial charge in [0.15, 0.2) is 0 Å². The van der Waals surface area contributed by atoms with Crippen molar-refractivity contribution in [3.8, 4) is 0 Å². The summed E-state index contributed by atoms with van der Waals surface area (Å²) in [6.45, 7) is 5.05. The minimum atomic E-state index is -4.39. The summed E-state index contributed by atoms with van der Waals surface area (Å²) in [6, 6.07) is 5.11. The van der Waals surface area contributed by atoms with E-state index in [9.17, 15) is 13.2 Å². The topological polar surface area (TPSA) is 24.1 Å². The van der Waals surface area contributed by atoms with E-state index in [1.54, 1.807) is 17.4 Å². The average Bonchev–Trinajstić information content (AvgIpc) is 2.79. The van der Waals surface area contributed by atoms with E-state index < -0.39 is 6.30 Å². The van der Waals surface area contributed by atoms with Crippen LogP contribution in [0.25, 0.3) is 0 Å². The van der Waals surface area contributed by atoms with Gasteiger partial charge in [-0.05, 0) is 48.6 Å². The van der Waals surface area contributed by atoms with E-state index >= 15 is 0 Å². The molecule has 1 aliphatic rings. The van der Waals surface area contributed by atoms with Crippen molar-refractivity contribution in [2.24, 2.45) is 0 Å². The molecule has 2 N–H and O–H groups in total. The molecule has 1 unspecified atom stereocenters. The Morgan fingerprint density at radius 1 is 1.32 bits per heavy atom. The number of nitrogens with one attached hydrogen (secondary N) is 2. The van der Waals surface area contributed by atoms with E-state index in [0.717, 1.165) is 30.5 Å². The lowest BCUT2D eigenvalue weighted by Gasteiger charge is -2.20. The lowest BCUT2D eigenvalue weighted by molar-refractivity contribution is -0.0999. The normalized spacial score (nSPS) is 20.0. The summed E-state index contributed by atoms with van der Waals surface area (Å²) in [4.78, 5) is 0. The largest absolute Gasteiger partial charge is 0.482 e. The molecule has 2 rings (SSSR count). The summed E-state index contributed by atoms with van der Waals surface area (Å²) in [5, 5.41) is 4.93. The van der Waals surface area contributed by atoms with Gasteiger partial charge < -0.3 is 5.32 Å². The Morgan fingerprint density at radius 3 is 2.58 bits per heavy atom. The third kappa shape index (κ3) is 3.62. The minimum Gasteiger partial charge on any atom is -0.310 e. The zero-order chi connectivity index (χ0) is 14.0. The van der Waals surface area contributed by atoms with Crippen molar-refractivity contribution < 1.29 is 13.2 Å². The summed E-state index contributed by atoms with van der Waals surface area (Å²) in [7, 11) is 0. The molecule has 0 spiro atoms. The molecule has 2 nitrogen and oxygen atoms in total. The maximum absolute atomic E-state index is 12.4. The van der Waals surface area contributed by atoms with Crippen LogP contribution in [0.15, 0.2) is 18.2 Å². The third-order valence-electron chi connectivity index (χ3n) is 3.43. The Morgan fingerprint density at radius 2 is 2.05 bits per heavy atom. The number of anilines is 1. The first-order valence-electron chi connectivity index (χ1n) is 6.59. The quantitative estimate of drug-likeness (QED) is 0.807.